The Balaban J connectivity index is 2.20. The molecule has 116 valence electrons. The van der Waals surface area contributed by atoms with Crippen molar-refractivity contribution >= 4 is 11.8 Å². The third-order valence-electron chi connectivity index (χ3n) is 3.47. The molecule has 0 heterocycles. The van der Waals surface area contributed by atoms with Crippen LogP contribution in [0.1, 0.15) is 50.2 Å². The molecule has 21 heavy (non-hydrogen) atoms. The van der Waals surface area contributed by atoms with Gasteiger partial charge in [-0.15, -0.1) is 0 Å². The molecule has 1 aromatic carbocycles. The van der Waals surface area contributed by atoms with Crippen LogP contribution in [0.4, 0.5) is 0 Å². The fourth-order valence-electron chi connectivity index (χ4n) is 2.07. The molecule has 0 aliphatic rings. The maximum Gasteiger partial charge on any atom is 0.309 e. The fourth-order valence-corrected chi connectivity index (χ4v) is 2.07. The van der Waals surface area contributed by atoms with E-state index < -0.39 is 11.8 Å². The first-order chi connectivity index (χ1) is 10.1. The van der Waals surface area contributed by atoms with Crippen molar-refractivity contribution in [2.24, 2.45) is 0 Å². The minimum atomic E-state index is -0.563. The highest BCUT2D eigenvalue weighted by atomic mass is 16.2. The van der Waals surface area contributed by atoms with E-state index in [0.717, 1.165) is 24.0 Å². The second kappa shape index (κ2) is 9.97. The van der Waals surface area contributed by atoms with E-state index in [1.165, 1.54) is 19.3 Å². The summed E-state index contributed by atoms with van der Waals surface area (Å²) in [5.74, 6) is -1.11. The Bertz CT molecular complexity index is 458. The van der Waals surface area contributed by atoms with Gasteiger partial charge < -0.3 is 10.6 Å². The van der Waals surface area contributed by atoms with Gasteiger partial charge >= 0.3 is 11.8 Å². The van der Waals surface area contributed by atoms with E-state index in [-0.39, 0.29) is 0 Å². The van der Waals surface area contributed by atoms with Gasteiger partial charge in [-0.25, -0.2) is 0 Å². The highest BCUT2D eigenvalue weighted by molar-refractivity contribution is 6.35. The molecule has 4 nitrogen and oxygen atoms in total. The summed E-state index contributed by atoms with van der Waals surface area (Å²) in [5.41, 5.74) is 2.13. The lowest BCUT2D eigenvalue weighted by atomic mass is 10.1. The molecule has 0 radical (unpaired) electrons. The second-order valence-electron chi connectivity index (χ2n) is 5.28. The number of hydrogen-bond donors (Lipinski definition) is 2. The molecule has 0 aromatic heterocycles. The van der Waals surface area contributed by atoms with Gasteiger partial charge in [0.2, 0.25) is 0 Å². The first-order valence-electron chi connectivity index (χ1n) is 7.75. The molecule has 0 saturated carbocycles. The number of nitrogens with one attached hydrogen (secondary N) is 2. The van der Waals surface area contributed by atoms with Gasteiger partial charge in [-0.2, -0.15) is 0 Å². The number of aryl methyl sites for hydroxylation is 1. The van der Waals surface area contributed by atoms with Crippen LogP contribution in [-0.2, 0) is 16.1 Å². The number of benzene rings is 1. The second-order valence-corrected chi connectivity index (χ2v) is 5.28. The predicted molar refractivity (Wildman–Crippen MR) is 84.8 cm³/mol. The van der Waals surface area contributed by atoms with Crippen molar-refractivity contribution in [1.29, 1.82) is 0 Å². The molecule has 1 aromatic rings. The molecule has 0 fully saturated rings. The number of carbonyl (C=O) groups excluding carboxylic acids is 2. The lowest BCUT2D eigenvalue weighted by Crippen LogP contribution is -2.40. The molecule has 0 spiro atoms. The van der Waals surface area contributed by atoms with Crippen LogP contribution in [0.3, 0.4) is 0 Å². The lowest BCUT2D eigenvalue weighted by molar-refractivity contribution is -0.139. The smallest absolute Gasteiger partial charge is 0.309 e. The zero-order valence-electron chi connectivity index (χ0n) is 13.1. The van der Waals surface area contributed by atoms with Crippen LogP contribution in [0.5, 0.6) is 0 Å². The normalized spacial score (nSPS) is 10.2. The summed E-state index contributed by atoms with van der Waals surface area (Å²) in [6.45, 7) is 5.11. The molecule has 2 N–H and O–H groups in total. The predicted octanol–water partition coefficient (Wildman–Crippen LogP) is 2.70. The van der Waals surface area contributed by atoms with Crippen LogP contribution < -0.4 is 10.6 Å². The van der Waals surface area contributed by atoms with Gasteiger partial charge in [-0.05, 0) is 24.5 Å². The van der Waals surface area contributed by atoms with Gasteiger partial charge in [0.05, 0.1) is 0 Å². The molecular formula is C17H26N2O2. The fraction of sp³-hybridized carbons (Fsp3) is 0.529. The average Bonchev–Trinajstić information content (AvgIpc) is 2.49. The summed E-state index contributed by atoms with van der Waals surface area (Å²) in [6, 6.07) is 7.80. The highest BCUT2D eigenvalue weighted by Gasteiger charge is 2.12. The molecule has 0 unspecified atom stereocenters. The Morgan fingerprint density at radius 1 is 0.952 bits per heavy atom. The van der Waals surface area contributed by atoms with Gasteiger partial charge in [0.25, 0.3) is 0 Å². The summed E-state index contributed by atoms with van der Waals surface area (Å²) in [7, 11) is 0. The van der Waals surface area contributed by atoms with E-state index in [9.17, 15) is 9.59 Å². The quantitative estimate of drug-likeness (QED) is 0.571. The molecule has 0 saturated heterocycles. The monoisotopic (exact) mass is 290 g/mol. The van der Waals surface area contributed by atoms with E-state index in [4.69, 9.17) is 0 Å². The van der Waals surface area contributed by atoms with Gasteiger partial charge in [-0.3, -0.25) is 9.59 Å². The standard InChI is InChI=1S/C17H26N2O2/c1-3-4-5-6-9-12-18-16(20)17(21)19-13-15-11-8-7-10-14(15)2/h7-8,10-11H,3-6,9,12-13H2,1-2H3,(H,18,20)(H,19,21). The van der Waals surface area contributed by atoms with E-state index in [1.807, 2.05) is 31.2 Å². The van der Waals surface area contributed by atoms with Crippen molar-refractivity contribution in [2.75, 3.05) is 6.54 Å². The molecule has 4 heteroatoms. The van der Waals surface area contributed by atoms with Gasteiger partial charge in [0, 0.05) is 13.1 Å². The maximum absolute atomic E-state index is 11.7. The number of unbranched alkanes of at least 4 members (excludes halogenated alkanes) is 4. The first-order valence-corrected chi connectivity index (χ1v) is 7.75. The number of hydrogen-bond acceptors (Lipinski definition) is 2. The lowest BCUT2D eigenvalue weighted by Gasteiger charge is -2.08. The Morgan fingerprint density at radius 2 is 1.62 bits per heavy atom. The summed E-state index contributed by atoms with van der Waals surface area (Å²) in [5, 5.41) is 5.31. The number of rotatable bonds is 8. The third kappa shape index (κ3) is 6.93. The van der Waals surface area contributed by atoms with Crippen molar-refractivity contribution in [1.82, 2.24) is 10.6 Å². The first kappa shape index (κ1) is 17.2. The Labute approximate surface area is 127 Å². The van der Waals surface area contributed by atoms with Crippen molar-refractivity contribution in [3.05, 3.63) is 35.4 Å². The maximum atomic E-state index is 11.7. The molecule has 0 atom stereocenters. The summed E-state index contributed by atoms with van der Waals surface area (Å²) >= 11 is 0. The Morgan fingerprint density at radius 3 is 2.33 bits per heavy atom. The van der Waals surface area contributed by atoms with Crippen LogP contribution in [0.25, 0.3) is 0 Å². The number of carbonyl (C=O) groups is 2. The molecule has 0 aliphatic heterocycles. The van der Waals surface area contributed by atoms with Crippen LogP contribution in [-0.4, -0.2) is 18.4 Å². The summed E-state index contributed by atoms with van der Waals surface area (Å²) in [4.78, 5) is 23.3. The average molecular weight is 290 g/mol. The molecule has 0 bridgehead atoms. The Hall–Kier alpha value is -1.84. The topological polar surface area (TPSA) is 58.2 Å². The largest absolute Gasteiger partial charge is 0.348 e. The van der Waals surface area contributed by atoms with Crippen LogP contribution >= 0.6 is 0 Å². The minimum absolute atomic E-state index is 0.384. The molecule has 1 rings (SSSR count). The van der Waals surface area contributed by atoms with E-state index in [1.54, 1.807) is 0 Å². The van der Waals surface area contributed by atoms with E-state index in [0.29, 0.717) is 13.1 Å². The van der Waals surface area contributed by atoms with Crippen LogP contribution in [0.2, 0.25) is 0 Å². The van der Waals surface area contributed by atoms with Crippen LogP contribution in [0, 0.1) is 6.92 Å². The minimum Gasteiger partial charge on any atom is -0.348 e. The molecule has 2 amide bonds. The molecular weight excluding hydrogens is 264 g/mol. The third-order valence-corrected chi connectivity index (χ3v) is 3.47. The van der Waals surface area contributed by atoms with E-state index >= 15 is 0 Å². The van der Waals surface area contributed by atoms with Crippen molar-refractivity contribution in [2.45, 2.75) is 52.5 Å². The zero-order chi connectivity index (χ0) is 15.5. The van der Waals surface area contributed by atoms with E-state index in [2.05, 4.69) is 17.6 Å². The van der Waals surface area contributed by atoms with Gasteiger partial charge in [0.15, 0.2) is 0 Å². The van der Waals surface area contributed by atoms with Crippen molar-refractivity contribution in [3.8, 4) is 0 Å². The van der Waals surface area contributed by atoms with Gasteiger partial charge in [-0.1, -0.05) is 56.9 Å². The Kier molecular flexibility index (Phi) is 8.17. The zero-order valence-corrected chi connectivity index (χ0v) is 13.1. The molecule has 0 aliphatic carbocycles. The summed E-state index contributed by atoms with van der Waals surface area (Å²) in [6.07, 6.45) is 5.64. The SMILES string of the molecule is CCCCCCCNC(=O)C(=O)NCc1ccccc1C. The summed E-state index contributed by atoms with van der Waals surface area (Å²) < 4.78 is 0. The highest BCUT2D eigenvalue weighted by Crippen LogP contribution is 2.05. The van der Waals surface area contributed by atoms with Crippen molar-refractivity contribution < 1.29 is 9.59 Å². The van der Waals surface area contributed by atoms with Crippen LogP contribution in [0.15, 0.2) is 24.3 Å². The number of amides is 2. The van der Waals surface area contributed by atoms with Gasteiger partial charge in [0.1, 0.15) is 0 Å². The van der Waals surface area contributed by atoms with Crippen molar-refractivity contribution in [3.63, 3.8) is 0 Å².